The molecule has 2 fully saturated rings. The van der Waals surface area contributed by atoms with E-state index in [0.717, 1.165) is 23.1 Å². The van der Waals surface area contributed by atoms with Gasteiger partial charge in [0.05, 0.1) is 36.3 Å². The van der Waals surface area contributed by atoms with Crippen molar-refractivity contribution in [2.75, 3.05) is 25.2 Å². The number of rotatable bonds is 6. The summed E-state index contributed by atoms with van der Waals surface area (Å²) in [7, 11) is 1.66. The Hall–Kier alpha value is -2.92. The molecule has 3 aliphatic rings. The molecule has 4 rings (SSSR count). The maximum Gasteiger partial charge on any atom is 0.409 e. The van der Waals surface area contributed by atoms with Gasteiger partial charge in [-0.05, 0) is 50.8 Å². The number of esters is 1. The van der Waals surface area contributed by atoms with E-state index in [1.165, 1.54) is 4.90 Å². The molecule has 248 valence electrons. The van der Waals surface area contributed by atoms with Crippen molar-refractivity contribution in [1.29, 1.82) is 0 Å². The monoisotopic (exact) mass is 646 g/mol. The van der Waals surface area contributed by atoms with Gasteiger partial charge in [0.25, 0.3) is 0 Å². The molecule has 45 heavy (non-hydrogen) atoms. The van der Waals surface area contributed by atoms with Crippen molar-refractivity contribution < 1.29 is 38.4 Å². The van der Waals surface area contributed by atoms with E-state index in [0.29, 0.717) is 23.7 Å². The third-order valence-electron chi connectivity index (χ3n) is 9.16. The van der Waals surface area contributed by atoms with Gasteiger partial charge in [0.1, 0.15) is 23.5 Å². The summed E-state index contributed by atoms with van der Waals surface area (Å²) >= 11 is 6.72. The Morgan fingerprint density at radius 3 is 2.67 bits per heavy atom. The number of amides is 2. The molecule has 7 atom stereocenters. The van der Waals surface area contributed by atoms with Crippen molar-refractivity contribution in [1.82, 2.24) is 5.32 Å². The number of carbonyl (C=O) groups is 3. The number of aliphatic hydroxyl groups is 1. The Morgan fingerprint density at radius 2 is 1.96 bits per heavy atom. The summed E-state index contributed by atoms with van der Waals surface area (Å²) in [6, 6.07) is 3.89. The number of alkyl carbamates (subject to hydrolysis) is 1. The Kier molecular flexibility index (Phi) is 11.1. The van der Waals surface area contributed by atoms with E-state index < -0.39 is 47.6 Å². The first kappa shape index (κ1) is 34.9. The largest absolute Gasteiger partial charge is 0.459 e. The quantitative estimate of drug-likeness (QED) is 0.239. The fraction of sp³-hybridized carbons (Fsp3) is 0.618. The number of aryl methyl sites for hydroxylation is 1. The summed E-state index contributed by atoms with van der Waals surface area (Å²) in [6.45, 7) is 12.1. The molecule has 0 spiro atoms. The SMILES string of the molecule is CCCOCCC(=O)O[C@H]1CC(=O)N(C)c2cc(cc(C)c2Cl)C/C(C)=C/C=C/[C@@H](C)[C@@]2(O)C[C@H](OC(=O)N2)[C@@H](C)[C@@H]2O[C@@]12C. The van der Waals surface area contributed by atoms with Crippen LogP contribution in [0.4, 0.5) is 10.5 Å². The fourth-order valence-electron chi connectivity index (χ4n) is 6.17. The van der Waals surface area contributed by atoms with E-state index in [1.807, 2.05) is 65.0 Å². The average molecular weight is 647 g/mol. The molecular weight excluding hydrogens is 600 g/mol. The predicted octanol–water partition coefficient (Wildman–Crippen LogP) is 5.41. The molecule has 1 aromatic rings. The minimum Gasteiger partial charge on any atom is -0.459 e. The first-order valence-electron chi connectivity index (χ1n) is 15.7. The van der Waals surface area contributed by atoms with E-state index in [4.69, 9.17) is 30.5 Å². The number of carbonyl (C=O) groups excluding carboxylic acids is 3. The van der Waals surface area contributed by atoms with Crippen LogP contribution in [-0.2, 0) is 35.0 Å². The van der Waals surface area contributed by atoms with Crippen LogP contribution in [0.5, 0.6) is 0 Å². The molecule has 11 heteroatoms. The first-order chi connectivity index (χ1) is 21.2. The number of anilines is 1. The fourth-order valence-corrected chi connectivity index (χ4v) is 6.40. The maximum absolute atomic E-state index is 13.8. The third-order valence-corrected chi connectivity index (χ3v) is 9.65. The van der Waals surface area contributed by atoms with Gasteiger partial charge in [0.2, 0.25) is 5.91 Å². The van der Waals surface area contributed by atoms with Gasteiger partial charge < -0.3 is 29.0 Å². The Morgan fingerprint density at radius 1 is 1.22 bits per heavy atom. The lowest BCUT2D eigenvalue weighted by Gasteiger charge is -2.41. The number of ether oxygens (including phenoxy) is 4. The smallest absolute Gasteiger partial charge is 0.409 e. The van der Waals surface area contributed by atoms with Gasteiger partial charge in [-0.2, -0.15) is 0 Å². The van der Waals surface area contributed by atoms with Crippen LogP contribution in [0.25, 0.3) is 0 Å². The second-order valence-electron chi connectivity index (χ2n) is 12.9. The Labute approximate surface area is 271 Å². The molecule has 0 aromatic heterocycles. The number of halogens is 1. The van der Waals surface area contributed by atoms with E-state index >= 15 is 0 Å². The van der Waals surface area contributed by atoms with Gasteiger partial charge >= 0.3 is 12.1 Å². The molecule has 10 nitrogen and oxygen atoms in total. The third kappa shape index (κ3) is 8.09. The lowest BCUT2D eigenvalue weighted by molar-refractivity contribution is -0.155. The van der Waals surface area contributed by atoms with Crippen molar-refractivity contribution in [3.63, 3.8) is 0 Å². The van der Waals surface area contributed by atoms with Crippen LogP contribution < -0.4 is 10.2 Å². The van der Waals surface area contributed by atoms with Gasteiger partial charge in [0.15, 0.2) is 0 Å². The molecule has 2 N–H and O–H groups in total. The normalized spacial score (nSPS) is 34.1. The van der Waals surface area contributed by atoms with Crippen molar-refractivity contribution in [2.45, 2.75) is 103 Å². The van der Waals surface area contributed by atoms with Crippen LogP contribution in [0.15, 0.2) is 35.9 Å². The molecule has 3 aliphatic heterocycles. The van der Waals surface area contributed by atoms with Crippen LogP contribution in [-0.4, -0.2) is 73.0 Å². The highest BCUT2D eigenvalue weighted by molar-refractivity contribution is 6.34. The standard InChI is InChI=1S/C34H47ClN2O8/c1-8-13-42-14-12-29(39)44-27-18-28(38)37(7)25-17-24(16-21(3)30(25)35)15-20(2)10-9-11-22(4)34(41)19-26(43-32(40)36-34)23(5)31-33(27,6)45-31/h9-11,16-17,22-23,26-27,31,41H,8,12-15,18-19H2,1-7H3,(H,36,40)/b11-9+,20-10+/t22-,23-,26+,27+,31+,33+,34+/m1/s1. The van der Waals surface area contributed by atoms with Crippen molar-refractivity contribution in [3.05, 3.63) is 52.1 Å². The molecule has 0 saturated carbocycles. The van der Waals surface area contributed by atoms with Gasteiger partial charge in [-0.25, -0.2) is 4.79 Å². The van der Waals surface area contributed by atoms with Crippen LogP contribution in [0.3, 0.4) is 0 Å². The number of hydrogen-bond donors (Lipinski definition) is 2. The van der Waals surface area contributed by atoms with Gasteiger partial charge in [-0.15, -0.1) is 0 Å². The first-order valence-corrected chi connectivity index (χ1v) is 16.1. The van der Waals surface area contributed by atoms with Crippen LogP contribution >= 0.6 is 11.6 Å². The Balaban J connectivity index is 1.71. The molecule has 4 bridgehead atoms. The zero-order chi connectivity index (χ0) is 33.1. The zero-order valence-electron chi connectivity index (χ0n) is 27.4. The van der Waals surface area contributed by atoms with Crippen molar-refractivity contribution >= 4 is 35.3 Å². The lowest BCUT2D eigenvalue weighted by Crippen LogP contribution is -2.60. The highest BCUT2D eigenvalue weighted by Gasteiger charge is 2.64. The molecule has 0 radical (unpaired) electrons. The minimum atomic E-state index is -1.55. The maximum atomic E-state index is 13.8. The molecule has 0 unspecified atom stereocenters. The summed E-state index contributed by atoms with van der Waals surface area (Å²) < 4.78 is 23.2. The highest BCUT2D eigenvalue weighted by atomic mass is 35.5. The Bertz CT molecular complexity index is 1350. The van der Waals surface area contributed by atoms with Crippen LogP contribution in [0.1, 0.15) is 71.4 Å². The molecule has 3 heterocycles. The molecule has 0 aliphatic carbocycles. The summed E-state index contributed by atoms with van der Waals surface area (Å²) in [5, 5.41) is 14.6. The van der Waals surface area contributed by atoms with E-state index in [1.54, 1.807) is 14.0 Å². The summed E-state index contributed by atoms with van der Waals surface area (Å²) in [6.07, 6.45) is 4.25. The second kappa shape index (κ2) is 14.2. The highest BCUT2D eigenvalue weighted by Crippen LogP contribution is 2.49. The van der Waals surface area contributed by atoms with Crippen molar-refractivity contribution in [3.8, 4) is 0 Å². The summed E-state index contributed by atoms with van der Waals surface area (Å²) in [5.74, 6) is -1.63. The topological polar surface area (TPSA) is 127 Å². The number of hydrogen-bond acceptors (Lipinski definition) is 8. The van der Waals surface area contributed by atoms with Crippen LogP contribution in [0.2, 0.25) is 5.02 Å². The number of fused-ring (bicyclic) bond motifs is 5. The number of nitrogens with zero attached hydrogens (tertiary/aromatic N) is 1. The lowest BCUT2D eigenvalue weighted by atomic mass is 9.82. The van der Waals surface area contributed by atoms with Crippen LogP contribution in [0, 0.1) is 18.8 Å². The molecule has 1 aromatic carbocycles. The summed E-state index contributed by atoms with van der Waals surface area (Å²) in [4.78, 5) is 40.9. The van der Waals surface area contributed by atoms with Gasteiger partial charge in [0, 0.05) is 31.9 Å². The van der Waals surface area contributed by atoms with Gasteiger partial charge in [-0.1, -0.05) is 62.2 Å². The minimum absolute atomic E-state index is 0.0289. The number of nitrogens with one attached hydrogen (secondary N) is 1. The number of allylic oxidation sites excluding steroid dienone is 3. The number of epoxide rings is 1. The predicted molar refractivity (Wildman–Crippen MR) is 171 cm³/mol. The average Bonchev–Trinajstić information content (AvgIpc) is 3.67. The molecular formula is C34H47ClN2O8. The molecule has 2 amide bonds. The van der Waals surface area contributed by atoms with Crippen molar-refractivity contribution in [2.24, 2.45) is 11.8 Å². The second-order valence-corrected chi connectivity index (χ2v) is 13.3. The summed E-state index contributed by atoms with van der Waals surface area (Å²) in [5.41, 5.74) is 0.823. The van der Waals surface area contributed by atoms with E-state index in [-0.39, 0.29) is 37.7 Å². The van der Waals surface area contributed by atoms with Gasteiger partial charge in [-0.3, -0.25) is 14.9 Å². The molecule has 2 saturated heterocycles. The zero-order valence-corrected chi connectivity index (χ0v) is 28.1. The van der Waals surface area contributed by atoms with E-state index in [9.17, 15) is 19.5 Å². The van der Waals surface area contributed by atoms with E-state index in [2.05, 4.69) is 5.32 Å². The number of benzene rings is 1.